The molecule has 2 nitrogen and oxygen atoms in total. The Hall–Kier alpha value is -5.28. The second-order valence-electron chi connectivity index (χ2n) is 13.2. The second kappa shape index (κ2) is 10.4. The molecule has 0 N–H and O–H groups in total. The van der Waals surface area contributed by atoms with Crippen molar-refractivity contribution in [1.82, 2.24) is 9.13 Å². The highest BCUT2D eigenvalue weighted by atomic mass is 15.0. The van der Waals surface area contributed by atoms with Crippen LogP contribution in [0.5, 0.6) is 0 Å². The highest BCUT2D eigenvalue weighted by molar-refractivity contribution is 6.68. The van der Waals surface area contributed by atoms with Crippen molar-refractivity contribution in [2.24, 2.45) is 0 Å². The molecule has 7 aromatic carbocycles. The zero-order valence-corrected chi connectivity index (χ0v) is 27.5. The number of aromatic nitrogens is 2. The summed E-state index contributed by atoms with van der Waals surface area (Å²) in [5.41, 5.74) is 16.8. The topological polar surface area (TPSA) is 9.86 Å². The van der Waals surface area contributed by atoms with E-state index in [4.69, 9.17) is 0 Å². The third-order valence-electron chi connectivity index (χ3n) is 10.9. The van der Waals surface area contributed by atoms with Crippen LogP contribution in [0.1, 0.15) is 0 Å². The lowest BCUT2D eigenvalue weighted by Gasteiger charge is -2.22. The summed E-state index contributed by atoms with van der Waals surface area (Å²) < 4.78 is 4.91. The van der Waals surface area contributed by atoms with Crippen molar-refractivity contribution in [3.05, 3.63) is 127 Å². The van der Waals surface area contributed by atoms with Crippen LogP contribution in [-0.2, 0) is 0 Å². The lowest BCUT2D eigenvalue weighted by molar-refractivity contribution is 1.19. The molecule has 9 rings (SSSR count). The molecule has 0 aliphatic carbocycles. The molecule has 0 saturated heterocycles. The van der Waals surface area contributed by atoms with Crippen LogP contribution in [0.3, 0.4) is 0 Å². The fraction of sp³-hybridized carbons (Fsp3) is 0. The molecular weight excluding hydrogens is 563 g/mol. The minimum absolute atomic E-state index is 1.18. The molecule has 0 bridgehead atoms. The van der Waals surface area contributed by atoms with E-state index >= 15 is 0 Å². The van der Waals surface area contributed by atoms with Gasteiger partial charge in [0.15, 0.2) is 0 Å². The normalized spacial score (nSPS) is 11.8. The van der Waals surface area contributed by atoms with Crippen LogP contribution in [0.4, 0.5) is 0 Å². The SMILES string of the molecule is Bc1c(B)c(B)c(-n2c3ccccc3c3cc(-c4ccc5c(c4)c4ccccc4n5-c4ccc5ccccc5c4)ccc32)c(B)c1B. The molecule has 0 amide bonds. The Morgan fingerprint density at radius 3 is 1.43 bits per heavy atom. The molecule has 9 aromatic rings. The molecule has 7 heteroatoms. The van der Waals surface area contributed by atoms with E-state index in [-0.39, 0.29) is 0 Å². The number of hydrogen-bond acceptors (Lipinski definition) is 0. The van der Waals surface area contributed by atoms with Crippen molar-refractivity contribution in [1.29, 1.82) is 0 Å². The van der Waals surface area contributed by atoms with E-state index in [1.807, 2.05) is 0 Å². The molecule has 0 unspecified atom stereocenters. The van der Waals surface area contributed by atoms with Gasteiger partial charge in [0.2, 0.25) is 0 Å². The Morgan fingerprint density at radius 1 is 0.340 bits per heavy atom. The maximum Gasteiger partial charge on any atom is 0.141 e. The van der Waals surface area contributed by atoms with Gasteiger partial charge in [-0.15, -0.1) is 5.46 Å². The van der Waals surface area contributed by atoms with Crippen molar-refractivity contribution in [2.45, 2.75) is 0 Å². The quantitative estimate of drug-likeness (QED) is 0.278. The van der Waals surface area contributed by atoms with Gasteiger partial charge in [0.1, 0.15) is 39.2 Å². The molecule has 0 aliphatic heterocycles. The van der Waals surface area contributed by atoms with Crippen LogP contribution in [0.15, 0.2) is 127 Å². The van der Waals surface area contributed by atoms with Gasteiger partial charge in [-0.05, 0) is 70.4 Å². The molecule has 0 aliphatic rings. The third kappa shape index (κ3) is 4.05. The highest BCUT2D eigenvalue weighted by Gasteiger charge is 2.19. The molecule has 216 valence electrons. The molecule has 0 fully saturated rings. The van der Waals surface area contributed by atoms with E-state index in [1.54, 1.807) is 0 Å². The molecule has 2 heterocycles. The number of hydrogen-bond donors (Lipinski definition) is 0. The number of nitrogens with zero attached hydrogens (tertiary/aromatic N) is 2. The lowest BCUT2D eigenvalue weighted by atomic mass is 9.61. The first kappa shape index (κ1) is 28.0. The van der Waals surface area contributed by atoms with E-state index < -0.39 is 0 Å². The summed E-state index contributed by atoms with van der Waals surface area (Å²) in [7, 11) is 11.3. The van der Waals surface area contributed by atoms with E-state index in [2.05, 4.69) is 176 Å². The first-order chi connectivity index (χ1) is 22.9. The molecule has 2 aromatic heterocycles. The Kier molecular flexibility index (Phi) is 6.17. The van der Waals surface area contributed by atoms with Gasteiger partial charge < -0.3 is 9.13 Å². The highest BCUT2D eigenvalue weighted by Crippen LogP contribution is 2.38. The lowest BCUT2D eigenvalue weighted by Crippen LogP contribution is -2.56. The molecule has 0 saturated carbocycles. The van der Waals surface area contributed by atoms with E-state index in [0.717, 1.165) is 0 Å². The smallest absolute Gasteiger partial charge is 0.141 e. The zero-order valence-electron chi connectivity index (χ0n) is 27.5. The minimum atomic E-state index is 1.18. The summed E-state index contributed by atoms with van der Waals surface area (Å²) in [6.07, 6.45) is 0. The van der Waals surface area contributed by atoms with Gasteiger partial charge in [0, 0.05) is 32.9 Å². The van der Waals surface area contributed by atoms with Crippen LogP contribution < -0.4 is 27.3 Å². The van der Waals surface area contributed by atoms with Gasteiger partial charge in [0.25, 0.3) is 0 Å². The molecule has 47 heavy (non-hydrogen) atoms. The van der Waals surface area contributed by atoms with Crippen LogP contribution in [-0.4, -0.2) is 48.4 Å². The summed E-state index contributed by atoms with van der Waals surface area (Å²) in [6, 6.07) is 47.0. The van der Waals surface area contributed by atoms with Gasteiger partial charge in [-0.1, -0.05) is 101 Å². The number of para-hydroxylation sites is 2. The predicted molar refractivity (Wildman–Crippen MR) is 219 cm³/mol. The van der Waals surface area contributed by atoms with Gasteiger partial charge in [0.05, 0.1) is 22.1 Å². The number of rotatable bonds is 3. The van der Waals surface area contributed by atoms with Gasteiger partial charge >= 0.3 is 0 Å². The second-order valence-corrected chi connectivity index (χ2v) is 13.2. The summed E-state index contributed by atoms with van der Waals surface area (Å²) in [6.45, 7) is 0. The van der Waals surface area contributed by atoms with Crippen molar-refractivity contribution >= 4 is 121 Å². The van der Waals surface area contributed by atoms with Gasteiger partial charge in [-0.25, -0.2) is 0 Å². The van der Waals surface area contributed by atoms with Crippen molar-refractivity contribution in [3.8, 4) is 22.5 Å². The minimum Gasteiger partial charge on any atom is -0.310 e. The van der Waals surface area contributed by atoms with Crippen LogP contribution >= 0.6 is 0 Å². The first-order valence-corrected chi connectivity index (χ1v) is 16.5. The fourth-order valence-electron chi connectivity index (χ4n) is 7.96. The van der Waals surface area contributed by atoms with Gasteiger partial charge in [-0.2, -0.15) is 0 Å². The predicted octanol–water partition coefficient (Wildman–Crippen LogP) is 1.99. The Balaban J connectivity index is 1.26. The summed E-state index contributed by atoms with van der Waals surface area (Å²) in [5.74, 6) is 0. The Morgan fingerprint density at radius 2 is 0.809 bits per heavy atom. The van der Waals surface area contributed by atoms with Crippen molar-refractivity contribution in [3.63, 3.8) is 0 Å². The Bertz CT molecular complexity index is 2730. The third-order valence-corrected chi connectivity index (χ3v) is 10.9. The van der Waals surface area contributed by atoms with Crippen LogP contribution in [0.2, 0.25) is 0 Å². The maximum absolute atomic E-state index is 2.50. The monoisotopic (exact) mass is 594 g/mol. The zero-order chi connectivity index (χ0) is 32.0. The number of fused-ring (bicyclic) bond motifs is 7. The first-order valence-electron chi connectivity index (χ1n) is 16.5. The van der Waals surface area contributed by atoms with Crippen molar-refractivity contribution < 1.29 is 0 Å². The summed E-state index contributed by atoms with van der Waals surface area (Å²) in [5, 5.41) is 7.62. The van der Waals surface area contributed by atoms with Crippen molar-refractivity contribution in [2.75, 3.05) is 0 Å². The van der Waals surface area contributed by atoms with Crippen LogP contribution in [0.25, 0.3) is 76.9 Å². The molecule has 0 spiro atoms. The standard InChI is InChI=1S/C40H31B5N2/c41-35-36(42)38(44)40(39(45)37(35)43)47-32-12-6-4-10-28(32)30-21-25(15-18-34(30)47)24-14-17-33-29(20-24)27-9-3-5-11-31(27)46(33)26-16-13-22-7-1-2-8-23(22)19-26/h1-21H,41-45H2. The van der Waals surface area contributed by atoms with E-state index in [9.17, 15) is 0 Å². The van der Waals surface area contributed by atoms with E-state index in [1.165, 1.54) is 104 Å². The molecular formula is C40H31B5N2. The Labute approximate surface area is 279 Å². The average Bonchev–Trinajstić information content (AvgIpc) is 3.62. The largest absolute Gasteiger partial charge is 0.310 e. The van der Waals surface area contributed by atoms with Gasteiger partial charge in [-0.3, -0.25) is 0 Å². The van der Waals surface area contributed by atoms with Crippen LogP contribution in [0, 0.1) is 0 Å². The maximum atomic E-state index is 2.50. The fourth-order valence-corrected chi connectivity index (χ4v) is 7.96. The molecule has 0 radical (unpaired) electrons. The molecule has 0 atom stereocenters. The summed E-state index contributed by atoms with van der Waals surface area (Å²) in [4.78, 5) is 0. The summed E-state index contributed by atoms with van der Waals surface area (Å²) >= 11 is 0. The average molecular weight is 594 g/mol. The number of benzene rings is 7. The van der Waals surface area contributed by atoms with E-state index in [0.29, 0.717) is 0 Å².